The second kappa shape index (κ2) is 2.14. The molecule has 0 aromatic heterocycles. The van der Waals surface area contributed by atoms with Crippen LogP contribution < -0.4 is 0 Å². The Hall–Kier alpha value is -0.300. The van der Waals surface area contributed by atoms with Crippen LogP contribution in [0.25, 0.3) is 0 Å². The molecule has 2 unspecified atom stereocenters. The van der Waals surface area contributed by atoms with E-state index in [2.05, 4.69) is 20.8 Å². The van der Waals surface area contributed by atoms with Gasteiger partial charge in [-0.05, 0) is 20.3 Å². The molecule has 1 nitrogen and oxygen atoms in total. The van der Waals surface area contributed by atoms with Gasteiger partial charge >= 0.3 is 0 Å². The highest BCUT2D eigenvalue weighted by Crippen LogP contribution is 2.30. The Balaban J connectivity index is 2.74. The Bertz CT molecular complexity index is 147. The van der Waals surface area contributed by atoms with Crippen molar-refractivity contribution in [3.8, 4) is 0 Å². The molecule has 52 valence electrons. The summed E-state index contributed by atoms with van der Waals surface area (Å²) in [4.78, 5) is 0. The first kappa shape index (κ1) is 6.81. The number of hydrogen-bond donors (Lipinski definition) is 1. The van der Waals surface area contributed by atoms with Crippen LogP contribution in [-0.2, 0) is 0 Å². The maximum Gasteiger partial charge on any atom is 0.0639 e. The van der Waals surface area contributed by atoms with Gasteiger partial charge in [-0.2, -0.15) is 0 Å². The van der Waals surface area contributed by atoms with Crippen LogP contribution in [0, 0.1) is 5.92 Å². The topological polar surface area (TPSA) is 20.2 Å². The molecule has 0 saturated heterocycles. The fourth-order valence-corrected chi connectivity index (χ4v) is 1.33. The molecule has 0 bridgehead atoms. The predicted octanol–water partition coefficient (Wildman–Crippen LogP) is 1.72. The molecule has 0 spiro atoms. The van der Waals surface area contributed by atoms with E-state index in [9.17, 15) is 5.11 Å². The molecule has 0 radical (unpaired) electrons. The van der Waals surface area contributed by atoms with E-state index in [1.165, 1.54) is 11.1 Å². The zero-order chi connectivity index (χ0) is 7.02. The van der Waals surface area contributed by atoms with Crippen LogP contribution in [-0.4, -0.2) is 11.2 Å². The van der Waals surface area contributed by atoms with Gasteiger partial charge in [0, 0.05) is 5.92 Å². The quantitative estimate of drug-likeness (QED) is 0.490. The van der Waals surface area contributed by atoms with Crippen LogP contribution in [0.3, 0.4) is 0 Å². The van der Waals surface area contributed by atoms with Gasteiger partial charge in [-0.25, -0.2) is 0 Å². The average molecular weight is 126 g/mol. The molecule has 0 amide bonds. The molecule has 1 aliphatic rings. The minimum atomic E-state index is -0.106. The van der Waals surface area contributed by atoms with E-state index in [-0.39, 0.29) is 6.10 Å². The van der Waals surface area contributed by atoms with Gasteiger partial charge in [0.2, 0.25) is 0 Å². The van der Waals surface area contributed by atoms with Gasteiger partial charge in [0.05, 0.1) is 6.10 Å². The van der Waals surface area contributed by atoms with E-state index in [1.54, 1.807) is 0 Å². The van der Waals surface area contributed by atoms with Crippen LogP contribution in [0.5, 0.6) is 0 Å². The van der Waals surface area contributed by atoms with Gasteiger partial charge in [0.25, 0.3) is 0 Å². The summed E-state index contributed by atoms with van der Waals surface area (Å²) in [5.41, 5.74) is 2.75. The molecule has 0 saturated carbocycles. The minimum Gasteiger partial charge on any atom is -0.392 e. The lowest BCUT2D eigenvalue weighted by Crippen LogP contribution is -2.11. The number of hydrogen-bond acceptors (Lipinski definition) is 1. The van der Waals surface area contributed by atoms with Gasteiger partial charge in [0.1, 0.15) is 0 Å². The first-order valence-electron chi connectivity index (χ1n) is 3.47. The third kappa shape index (κ3) is 1.01. The summed E-state index contributed by atoms with van der Waals surface area (Å²) < 4.78 is 0. The van der Waals surface area contributed by atoms with Gasteiger partial charge in [-0.15, -0.1) is 0 Å². The summed E-state index contributed by atoms with van der Waals surface area (Å²) in [5.74, 6) is 0.394. The molecule has 0 heterocycles. The molecule has 0 aliphatic heterocycles. The molecule has 0 aromatic rings. The zero-order valence-electron chi connectivity index (χ0n) is 6.31. The Kier molecular flexibility index (Phi) is 1.62. The van der Waals surface area contributed by atoms with E-state index in [1.807, 2.05) is 0 Å². The van der Waals surface area contributed by atoms with E-state index in [4.69, 9.17) is 0 Å². The highest BCUT2D eigenvalue weighted by molar-refractivity contribution is 5.20. The molecule has 0 aromatic carbocycles. The van der Waals surface area contributed by atoms with Crippen molar-refractivity contribution in [1.29, 1.82) is 0 Å². The largest absolute Gasteiger partial charge is 0.392 e. The van der Waals surface area contributed by atoms with Crippen LogP contribution in [0.15, 0.2) is 11.1 Å². The van der Waals surface area contributed by atoms with Crippen molar-refractivity contribution in [3.63, 3.8) is 0 Å². The van der Waals surface area contributed by atoms with Crippen molar-refractivity contribution in [3.05, 3.63) is 11.1 Å². The van der Waals surface area contributed by atoms with Crippen molar-refractivity contribution in [2.75, 3.05) is 0 Å². The summed E-state index contributed by atoms with van der Waals surface area (Å²) in [6, 6.07) is 0. The molecule has 1 N–H and O–H groups in total. The predicted molar refractivity (Wildman–Crippen MR) is 38.2 cm³/mol. The standard InChI is InChI=1S/C8H14O/c1-5-4-8(9)7(3)6(5)2/h7-9H,4H2,1-3H3. The molecule has 1 heteroatoms. The monoisotopic (exact) mass is 126 g/mol. The second-order valence-corrected chi connectivity index (χ2v) is 3.02. The zero-order valence-corrected chi connectivity index (χ0v) is 6.31. The first-order chi connectivity index (χ1) is 4.13. The minimum absolute atomic E-state index is 0.106. The van der Waals surface area contributed by atoms with Gasteiger partial charge in [0.15, 0.2) is 0 Å². The maximum absolute atomic E-state index is 9.30. The smallest absolute Gasteiger partial charge is 0.0639 e. The van der Waals surface area contributed by atoms with Gasteiger partial charge < -0.3 is 5.11 Å². The fraction of sp³-hybridized carbons (Fsp3) is 0.750. The SMILES string of the molecule is CC1=C(C)C(C)C(O)C1. The Morgan fingerprint density at radius 1 is 1.44 bits per heavy atom. The summed E-state index contributed by atoms with van der Waals surface area (Å²) in [6.45, 7) is 6.29. The molecule has 2 atom stereocenters. The van der Waals surface area contributed by atoms with Crippen molar-refractivity contribution in [1.82, 2.24) is 0 Å². The van der Waals surface area contributed by atoms with Crippen molar-refractivity contribution < 1.29 is 5.11 Å². The lowest BCUT2D eigenvalue weighted by atomic mass is 10.0. The third-order valence-electron chi connectivity index (χ3n) is 2.45. The van der Waals surface area contributed by atoms with Crippen LogP contribution in [0.1, 0.15) is 27.2 Å². The van der Waals surface area contributed by atoms with Crippen molar-refractivity contribution in [2.24, 2.45) is 5.92 Å². The van der Waals surface area contributed by atoms with Crippen molar-refractivity contribution >= 4 is 0 Å². The highest BCUT2D eigenvalue weighted by atomic mass is 16.3. The Labute approximate surface area is 56.4 Å². The van der Waals surface area contributed by atoms with E-state index in [0.717, 1.165) is 6.42 Å². The molecular weight excluding hydrogens is 112 g/mol. The van der Waals surface area contributed by atoms with Crippen LogP contribution >= 0.6 is 0 Å². The average Bonchev–Trinajstić information content (AvgIpc) is 1.98. The molecule has 9 heavy (non-hydrogen) atoms. The summed E-state index contributed by atoms with van der Waals surface area (Å²) in [5, 5.41) is 9.30. The summed E-state index contributed by atoms with van der Waals surface area (Å²) >= 11 is 0. The van der Waals surface area contributed by atoms with E-state index >= 15 is 0 Å². The second-order valence-electron chi connectivity index (χ2n) is 3.02. The van der Waals surface area contributed by atoms with Crippen LogP contribution in [0.2, 0.25) is 0 Å². The molecule has 1 rings (SSSR count). The Morgan fingerprint density at radius 3 is 2.11 bits per heavy atom. The maximum atomic E-state index is 9.30. The van der Waals surface area contributed by atoms with Crippen molar-refractivity contribution in [2.45, 2.75) is 33.3 Å². The lowest BCUT2D eigenvalue weighted by Gasteiger charge is -2.08. The number of aliphatic hydroxyl groups is 1. The molecule has 0 fully saturated rings. The lowest BCUT2D eigenvalue weighted by molar-refractivity contribution is 0.146. The number of rotatable bonds is 0. The Morgan fingerprint density at radius 2 is 2.00 bits per heavy atom. The molecule has 1 aliphatic carbocycles. The summed E-state index contributed by atoms with van der Waals surface area (Å²) in [7, 11) is 0. The third-order valence-corrected chi connectivity index (χ3v) is 2.45. The van der Waals surface area contributed by atoms with Gasteiger partial charge in [-0.1, -0.05) is 18.1 Å². The highest BCUT2D eigenvalue weighted by Gasteiger charge is 2.24. The number of aliphatic hydroxyl groups excluding tert-OH is 1. The van der Waals surface area contributed by atoms with Gasteiger partial charge in [-0.3, -0.25) is 0 Å². The van der Waals surface area contributed by atoms with E-state index < -0.39 is 0 Å². The summed E-state index contributed by atoms with van der Waals surface area (Å²) in [6.07, 6.45) is 0.775. The molecular formula is C8H14O. The fourth-order valence-electron chi connectivity index (χ4n) is 1.33. The van der Waals surface area contributed by atoms with E-state index in [0.29, 0.717) is 5.92 Å². The first-order valence-corrected chi connectivity index (χ1v) is 3.47. The normalized spacial score (nSPS) is 36.0. The van der Waals surface area contributed by atoms with Crippen LogP contribution in [0.4, 0.5) is 0 Å².